The number of nitrogens with one attached hydrogen (secondary N) is 3. The number of halogens is 2. The molecule has 0 radical (unpaired) electrons. The molecule has 3 unspecified atom stereocenters. The van der Waals surface area contributed by atoms with Gasteiger partial charge in [-0.15, -0.1) is 0 Å². The summed E-state index contributed by atoms with van der Waals surface area (Å²) in [6.45, 7) is 3.89. The van der Waals surface area contributed by atoms with Crippen LogP contribution in [-0.2, 0) is 16.0 Å². The predicted molar refractivity (Wildman–Crippen MR) is 112 cm³/mol. The minimum Gasteiger partial charge on any atom is -0.355 e. The van der Waals surface area contributed by atoms with Crippen molar-refractivity contribution >= 4 is 18.0 Å². The van der Waals surface area contributed by atoms with Crippen LogP contribution in [0.15, 0.2) is 42.5 Å². The smallest absolute Gasteiger partial charge is 0.227 e. The maximum Gasteiger partial charge on any atom is 0.227 e. The van der Waals surface area contributed by atoms with Gasteiger partial charge in [0.15, 0.2) is 0 Å². The minimum atomic E-state index is -0.575. The van der Waals surface area contributed by atoms with Crippen LogP contribution in [0.2, 0.25) is 0 Å². The first kappa shape index (κ1) is 21.9. The van der Waals surface area contributed by atoms with Gasteiger partial charge in [-0.25, -0.2) is 8.78 Å². The summed E-state index contributed by atoms with van der Waals surface area (Å²) in [5.41, 5.74) is 2.03. The molecule has 3 atom stereocenters. The zero-order chi connectivity index (χ0) is 21.5. The van der Waals surface area contributed by atoms with E-state index < -0.39 is 11.6 Å². The van der Waals surface area contributed by atoms with E-state index in [0.717, 1.165) is 24.7 Å². The largest absolute Gasteiger partial charge is 0.355 e. The van der Waals surface area contributed by atoms with Gasteiger partial charge in [-0.1, -0.05) is 25.1 Å². The maximum absolute atomic E-state index is 13.5. The summed E-state index contributed by atoms with van der Waals surface area (Å²) in [6, 6.07) is 10.9. The highest BCUT2D eigenvalue weighted by Gasteiger charge is 2.29. The van der Waals surface area contributed by atoms with Crippen molar-refractivity contribution in [3.8, 4) is 0 Å². The van der Waals surface area contributed by atoms with E-state index in [-0.39, 0.29) is 23.7 Å². The Hall–Kier alpha value is -2.80. The first-order chi connectivity index (χ1) is 14.5. The van der Waals surface area contributed by atoms with Gasteiger partial charge in [0.25, 0.3) is 0 Å². The average molecular weight is 415 g/mol. The second-order valence-corrected chi connectivity index (χ2v) is 7.72. The first-order valence-corrected chi connectivity index (χ1v) is 10.2. The van der Waals surface area contributed by atoms with Crippen molar-refractivity contribution in [3.63, 3.8) is 0 Å². The van der Waals surface area contributed by atoms with Gasteiger partial charge in [-0.2, -0.15) is 0 Å². The molecule has 0 spiro atoms. The van der Waals surface area contributed by atoms with E-state index in [1.54, 1.807) is 6.07 Å². The van der Waals surface area contributed by atoms with Crippen molar-refractivity contribution in [2.75, 3.05) is 25.0 Å². The second-order valence-electron chi connectivity index (χ2n) is 7.72. The Morgan fingerprint density at radius 1 is 1.17 bits per heavy atom. The molecule has 2 amide bonds. The van der Waals surface area contributed by atoms with Crippen molar-refractivity contribution in [2.45, 2.75) is 25.7 Å². The number of amides is 2. The number of carbonyl (C=O) groups is 2. The molecule has 3 rings (SSSR count). The van der Waals surface area contributed by atoms with Gasteiger partial charge in [0.1, 0.15) is 11.6 Å². The summed E-state index contributed by atoms with van der Waals surface area (Å²) >= 11 is 0. The average Bonchev–Trinajstić information content (AvgIpc) is 3.14. The van der Waals surface area contributed by atoms with E-state index in [4.69, 9.17) is 0 Å². The van der Waals surface area contributed by atoms with Gasteiger partial charge in [-0.05, 0) is 67.1 Å². The number of anilines is 1. The number of hydrogen-bond acceptors (Lipinski definition) is 3. The van der Waals surface area contributed by atoms with E-state index in [9.17, 15) is 18.4 Å². The van der Waals surface area contributed by atoms with E-state index >= 15 is 0 Å². The first-order valence-electron chi connectivity index (χ1n) is 10.2. The number of para-hydroxylation sites is 1. The Kier molecular flexibility index (Phi) is 7.52. The van der Waals surface area contributed by atoms with E-state index in [2.05, 4.69) is 16.0 Å². The summed E-state index contributed by atoms with van der Waals surface area (Å²) < 4.78 is 27.0. The molecule has 2 aromatic carbocycles. The molecule has 0 bridgehead atoms. The normalized spacial score (nSPS) is 19.3. The molecule has 1 aliphatic rings. The molecule has 1 fully saturated rings. The summed E-state index contributed by atoms with van der Waals surface area (Å²) in [4.78, 5) is 23.8. The van der Waals surface area contributed by atoms with Crippen LogP contribution in [0.3, 0.4) is 0 Å². The highest BCUT2D eigenvalue weighted by atomic mass is 19.1. The minimum absolute atomic E-state index is 0.0971. The lowest BCUT2D eigenvalue weighted by atomic mass is 9.89. The molecule has 7 heteroatoms. The zero-order valence-electron chi connectivity index (χ0n) is 17.0. The topological polar surface area (TPSA) is 70.2 Å². The van der Waals surface area contributed by atoms with Crippen molar-refractivity contribution in [1.29, 1.82) is 0 Å². The standard InChI is InChI=1S/C23H27F2N3O2/c1-2-20(21-5-3-4-6-22(21)28-14-29)23(30)27-13-17-12-26-11-16(17)7-15-8-18(24)10-19(25)9-15/h3-6,8-10,14,16-17,20,26H,2,7,11-13H2,1H3,(H,27,30)(H,28,29). The van der Waals surface area contributed by atoms with E-state index in [1.807, 2.05) is 25.1 Å². The molecule has 1 saturated heterocycles. The van der Waals surface area contributed by atoms with Crippen LogP contribution in [0.1, 0.15) is 30.4 Å². The lowest BCUT2D eigenvalue weighted by Crippen LogP contribution is -2.36. The van der Waals surface area contributed by atoms with Crippen LogP contribution in [0.4, 0.5) is 14.5 Å². The van der Waals surface area contributed by atoms with Crippen molar-refractivity contribution in [3.05, 3.63) is 65.2 Å². The molecular weight excluding hydrogens is 388 g/mol. The summed E-state index contributed by atoms with van der Waals surface area (Å²) in [6.07, 6.45) is 1.75. The molecule has 0 aliphatic carbocycles. The molecule has 5 nitrogen and oxygen atoms in total. The SMILES string of the molecule is CCC(C(=O)NCC1CNCC1Cc1cc(F)cc(F)c1)c1ccccc1NC=O. The highest BCUT2D eigenvalue weighted by molar-refractivity contribution is 5.87. The molecule has 30 heavy (non-hydrogen) atoms. The van der Waals surface area contributed by atoms with Crippen LogP contribution in [-0.4, -0.2) is 32.0 Å². The van der Waals surface area contributed by atoms with Crippen LogP contribution in [0.5, 0.6) is 0 Å². The number of carbonyl (C=O) groups excluding carboxylic acids is 2. The number of hydrogen-bond donors (Lipinski definition) is 3. The van der Waals surface area contributed by atoms with Crippen LogP contribution in [0.25, 0.3) is 0 Å². The fourth-order valence-corrected chi connectivity index (χ4v) is 4.19. The fraction of sp³-hybridized carbons (Fsp3) is 0.391. The zero-order valence-corrected chi connectivity index (χ0v) is 17.0. The molecular formula is C23H27F2N3O2. The van der Waals surface area contributed by atoms with Crippen LogP contribution in [0, 0.1) is 23.5 Å². The van der Waals surface area contributed by atoms with Crippen molar-refractivity contribution < 1.29 is 18.4 Å². The van der Waals surface area contributed by atoms with Crippen molar-refractivity contribution in [1.82, 2.24) is 10.6 Å². The quantitative estimate of drug-likeness (QED) is 0.551. The number of rotatable bonds is 9. The van der Waals surface area contributed by atoms with Crippen molar-refractivity contribution in [2.24, 2.45) is 11.8 Å². The summed E-state index contributed by atoms with van der Waals surface area (Å²) in [5, 5.41) is 9.00. The van der Waals surface area contributed by atoms with Gasteiger partial charge < -0.3 is 16.0 Å². The van der Waals surface area contributed by atoms with Gasteiger partial charge in [0.2, 0.25) is 12.3 Å². The Bertz CT molecular complexity index is 870. The predicted octanol–water partition coefficient (Wildman–Crippen LogP) is 3.22. The lowest BCUT2D eigenvalue weighted by molar-refractivity contribution is -0.122. The third kappa shape index (κ3) is 5.42. The summed E-state index contributed by atoms with van der Waals surface area (Å²) in [7, 11) is 0. The number of benzene rings is 2. The highest BCUT2D eigenvalue weighted by Crippen LogP contribution is 2.28. The van der Waals surface area contributed by atoms with Gasteiger partial charge in [0, 0.05) is 18.3 Å². The van der Waals surface area contributed by atoms with E-state index in [1.165, 1.54) is 12.1 Å². The molecule has 160 valence electrons. The molecule has 0 saturated carbocycles. The van der Waals surface area contributed by atoms with Crippen LogP contribution >= 0.6 is 0 Å². The Balaban J connectivity index is 1.63. The van der Waals surface area contributed by atoms with Gasteiger partial charge in [0.05, 0.1) is 5.92 Å². The fourth-order valence-electron chi connectivity index (χ4n) is 4.19. The second kappa shape index (κ2) is 10.3. The third-order valence-corrected chi connectivity index (χ3v) is 5.71. The monoisotopic (exact) mass is 415 g/mol. The Morgan fingerprint density at radius 3 is 2.57 bits per heavy atom. The van der Waals surface area contributed by atoms with Gasteiger partial charge >= 0.3 is 0 Å². The maximum atomic E-state index is 13.5. The molecule has 1 heterocycles. The molecule has 3 N–H and O–H groups in total. The Morgan fingerprint density at radius 2 is 1.87 bits per heavy atom. The van der Waals surface area contributed by atoms with Crippen LogP contribution < -0.4 is 16.0 Å². The lowest BCUT2D eigenvalue weighted by Gasteiger charge is -2.22. The molecule has 1 aliphatic heterocycles. The van der Waals surface area contributed by atoms with Gasteiger partial charge in [-0.3, -0.25) is 9.59 Å². The molecule has 2 aromatic rings. The van der Waals surface area contributed by atoms with E-state index in [0.29, 0.717) is 37.0 Å². The third-order valence-electron chi connectivity index (χ3n) is 5.71. The summed E-state index contributed by atoms with van der Waals surface area (Å²) in [5.74, 6) is -1.28. The Labute approximate surface area is 175 Å². The molecule has 0 aromatic heterocycles.